The molecule has 0 amide bonds. The van der Waals surface area contributed by atoms with E-state index in [-0.39, 0.29) is 22.8 Å². The van der Waals surface area contributed by atoms with E-state index in [1.165, 1.54) is 30.3 Å². The van der Waals surface area contributed by atoms with Crippen molar-refractivity contribution in [2.45, 2.75) is 25.7 Å². The van der Waals surface area contributed by atoms with Gasteiger partial charge in [0, 0.05) is 10.6 Å². The molecule has 0 unspecified atom stereocenters. The number of hydrogen-bond acceptors (Lipinski definition) is 5. The molecule has 0 saturated heterocycles. The van der Waals surface area contributed by atoms with Crippen LogP contribution in [-0.4, -0.2) is 33.3 Å². The van der Waals surface area contributed by atoms with Gasteiger partial charge in [0.1, 0.15) is 0 Å². The van der Waals surface area contributed by atoms with Crippen molar-refractivity contribution >= 4 is 39.1 Å². The minimum absolute atomic E-state index is 0.0163. The van der Waals surface area contributed by atoms with Gasteiger partial charge in [-0.05, 0) is 86.0 Å². The number of sulfonamides is 1. The second-order valence-electron chi connectivity index (χ2n) is 8.08. The molecule has 0 atom stereocenters. The minimum atomic E-state index is -4.03. The Morgan fingerprint density at radius 3 is 2.29 bits per heavy atom. The van der Waals surface area contributed by atoms with E-state index in [1.807, 2.05) is 26.8 Å². The highest BCUT2D eigenvalue weighted by Crippen LogP contribution is 2.26. The molecule has 0 saturated carbocycles. The predicted molar refractivity (Wildman–Crippen MR) is 138 cm³/mol. The zero-order valence-electron chi connectivity index (χ0n) is 19.7. The van der Waals surface area contributed by atoms with E-state index in [1.54, 1.807) is 30.3 Å². The van der Waals surface area contributed by atoms with Crippen LogP contribution in [0.2, 0.25) is 5.02 Å². The number of rotatable bonds is 9. The molecule has 6 nitrogen and oxygen atoms in total. The maximum atomic E-state index is 13.4. The van der Waals surface area contributed by atoms with Crippen LogP contribution in [0.15, 0.2) is 78.2 Å². The second kappa shape index (κ2) is 10.9. The molecule has 3 aromatic carbocycles. The fraction of sp³-hybridized carbons (Fsp3) is 0.185. The summed E-state index contributed by atoms with van der Waals surface area (Å²) in [6.45, 7) is 8.89. The van der Waals surface area contributed by atoms with Crippen LogP contribution in [0.3, 0.4) is 0 Å². The maximum absolute atomic E-state index is 13.4. The number of halogens is 1. The third-order valence-electron chi connectivity index (χ3n) is 5.54. The molecular weight excluding hydrogens is 486 g/mol. The Labute approximate surface area is 210 Å². The molecule has 0 aliphatic rings. The van der Waals surface area contributed by atoms with Crippen molar-refractivity contribution in [3.8, 4) is 0 Å². The molecule has 0 spiro atoms. The highest BCUT2D eigenvalue weighted by Gasteiger charge is 2.25. The number of carbonyl (C=O) groups is 2. The topological polar surface area (TPSA) is 80.8 Å². The van der Waals surface area contributed by atoms with Gasteiger partial charge in [-0.2, -0.15) is 0 Å². The maximum Gasteiger partial charge on any atom is 0.338 e. The van der Waals surface area contributed by atoms with Crippen LogP contribution >= 0.6 is 11.6 Å². The van der Waals surface area contributed by atoms with E-state index in [2.05, 4.69) is 6.58 Å². The van der Waals surface area contributed by atoms with Crippen molar-refractivity contribution in [2.24, 2.45) is 0 Å². The number of nitrogens with zero attached hydrogens (tertiary/aromatic N) is 1. The van der Waals surface area contributed by atoms with E-state index in [4.69, 9.17) is 16.3 Å². The average molecular weight is 512 g/mol. The molecular formula is C27H26ClNO5S. The van der Waals surface area contributed by atoms with Gasteiger partial charge in [-0.1, -0.05) is 29.8 Å². The van der Waals surface area contributed by atoms with E-state index < -0.39 is 22.6 Å². The first kappa shape index (κ1) is 26.2. The van der Waals surface area contributed by atoms with Gasteiger partial charge in [0.05, 0.1) is 22.7 Å². The van der Waals surface area contributed by atoms with Gasteiger partial charge in [-0.15, -0.1) is 6.58 Å². The summed E-state index contributed by atoms with van der Waals surface area (Å²) in [5.41, 5.74) is 3.74. The molecule has 3 aromatic rings. The molecule has 35 heavy (non-hydrogen) atoms. The number of ether oxygens (including phenoxy) is 1. The summed E-state index contributed by atoms with van der Waals surface area (Å²) in [5.74, 6) is -1.12. The highest BCUT2D eigenvalue weighted by atomic mass is 35.5. The minimum Gasteiger partial charge on any atom is -0.454 e. The molecule has 0 aromatic heterocycles. The normalized spacial score (nSPS) is 11.1. The summed E-state index contributed by atoms with van der Waals surface area (Å²) >= 11 is 5.93. The Bertz CT molecular complexity index is 1380. The molecule has 0 heterocycles. The lowest BCUT2D eigenvalue weighted by Crippen LogP contribution is -2.31. The smallest absolute Gasteiger partial charge is 0.338 e. The largest absolute Gasteiger partial charge is 0.454 e. The van der Waals surface area contributed by atoms with Crippen molar-refractivity contribution in [1.82, 2.24) is 0 Å². The van der Waals surface area contributed by atoms with Crippen LogP contribution in [0.25, 0.3) is 0 Å². The molecule has 182 valence electrons. The Morgan fingerprint density at radius 1 is 0.971 bits per heavy atom. The Hall–Kier alpha value is -3.42. The zero-order chi connectivity index (χ0) is 25.8. The first-order valence-corrected chi connectivity index (χ1v) is 12.6. The first-order chi connectivity index (χ1) is 16.5. The van der Waals surface area contributed by atoms with Crippen molar-refractivity contribution < 1.29 is 22.7 Å². The molecule has 8 heteroatoms. The number of Topliss-reactive ketones (excluding diaryl/α,β-unsaturated/α-hetero) is 1. The van der Waals surface area contributed by atoms with Crippen molar-refractivity contribution in [1.29, 1.82) is 0 Å². The molecule has 0 aliphatic carbocycles. The SMILES string of the molecule is C=CCN(c1ccc(Cl)cc1)S(=O)(=O)c1cccc(C(=O)OCC(=O)c2cc(C)c(C)cc2C)c1. The van der Waals surface area contributed by atoms with Gasteiger partial charge in [0.15, 0.2) is 6.61 Å². The van der Waals surface area contributed by atoms with Crippen LogP contribution in [0.4, 0.5) is 5.69 Å². The molecule has 3 rings (SSSR count). The quantitative estimate of drug-likeness (QED) is 0.209. The van der Waals surface area contributed by atoms with Crippen molar-refractivity contribution in [2.75, 3.05) is 17.5 Å². The van der Waals surface area contributed by atoms with E-state index in [0.717, 1.165) is 21.0 Å². The van der Waals surface area contributed by atoms with E-state index in [9.17, 15) is 18.0 Å². The summed E-state index contributed by atoms with van der Waals surface area (Å²) in [5, 5.41) is 0.472. The summed E-state index contributed by atoms with van der Waals surface area (Å²) in [4.78, 5) is 25.2. The van der Waals surface area contributed by atoms with Crippen molar-refractivity contribution in [3.63, 3.8) is 0 Å². The Morgan fingerprint density at radius 2 is 1.63 bits per heavy atom. The monoisotopic (exact) mass is 511 g/mol. The molecule has 0 N–H and O–H groups in total. The fourth-order valence-electron chi connectivity index (χ4n) is 3.53. The van der Waals surface area contributed by atoms with Gasteiger partial charge in [-0.25, -0.2) is 13.2 Å². The van der Waals surface area contributed by atoms with Crippen molar-refractivity contribution in [3.05, 3.63) is 106 Å². The molecule has 0 bridgehead atoms. The third-order valence-corrected chi connectivity index (χ3v) is 7.58. The number of carbonyl (C=O) groups excluding carboxylic acids is 2. The molecule has 0 radical (unpaired) electrons. The third kappa shape index (κ3) is 5.99. The second-order valence-corrected chi connectivity index (χ2v) is 10.4. The highest BCUT2D eigenvalue weighted by molar-refractivity contribution is 7.92. The summed E-state index contributed by atoms with van der Waals surface area (Å²) < 4.78 is 33.1. The van der Waals surface area contributed by atoms with E-state index >= 15 is 0 Å². The summed E-state index contributed by atoms with van der Waals surface area (Å²) in [7, 11) is -4.03. The lowest BCUT2D eigenvalue weighted by molar-refractivity contribution is 0.0474. The Kier molecular flexibility index (Phi) is 8.14. The number of aryl methyl sites for hydroxylation is 3. The fourth-order valence-corrected chi connectivity index (χ4v) is 5.14. The average Bonchev–Trinajstić information content (AvgIpc) is 2.83. The molecule has 0 fully saturated rings. The van der Waals surface area contributed by atoms with Gasteiger partial charge in [0.2, 0.25) is 5.78 Å². The summed E-state index contributed by atoms with van der Waals surface area (Å²) in [6.07, 6.45) is 1.46. The lowest BCUT2D eigenvalue weighted by atomic mass is 9.98. The zero-order valence-corrected chi connectivity index (χ0v) is 21.3. The summed E-state index contributed by atoms with van der Waals surface area (Å²) in [6, 6.07) is 15.5. The molecule has 0 aliphatic heterocycles. The van der Waals surface area contributed by atoms with Crippen LogP contribution in [0, 0.1) is 20.8 Å². The number of ketones is 1. The number of anilines is 1. The van der Waals surface area contributed by atoms with Crippen LogP contribution in [-0.2, 0) is 14.8 Å². The van der Waals surface area contributed by atoms with Crippen LogP contribution < -0.4 is 4.31 Å². The predicted octanol–water partition coefficient (Wildman–Crippen LogP) is 5.69. The first-order valence-electron chi connectivity index (χ1n) is 10.8. The van der Waals surface area contributed by atoms with Crippen LogP contribution in [0.5, 0.6) is 0 Å². The standard InChI is InChI=1S/C27H26ClNO5S/c1-5-13-29(23-11-9-22(28)10-12-23)35(32,33)24-8-6-7-21(16-24)27(31)34-17-26(30)25-15-19(3)18(2)14-20(25)4/h5-12,14-16H,1,13,17H2,2-4H3. The van der Waals surface area contributed by atoms with Gasteiger partial charge in [0.25, 0.3) is 10.0 Å². The lowest BCUT2D eigenvalue weighted by Gasteiger charge is -2.23. The van der Waals surface area contributed by atoms with Gasteiger partial charge < -0.3 is 4.74 Å². The Balaban J connectivity index is 1.81. The number of benzene rings is 3. The van der Waals surface area contributed by atoms with Crippen LogP contribution in [0.1, 0.15) is 37.4 Å². The van der Waals surface area contributed by atoms with Gasteiger partial charge >= 0.3 is 5.97 Å². The number of esters is 1. The van der Waals surface area contributed by atoms with Gasteiger partial charge in [-0.3, -0.25) is 9.10 Å². The number of hydrogen-bond donors (Lipinski definition) is 0. The van der Waals surface area contributed by atoms with E-state index in [0.29, 0.717) is 16.3 Å².